The largest absolute Gasteiger partial charge is 0.507 e. The van der Waals surface area contributed by atoms with E-state index in [9.17, 15) is 9.90 Å². The van der Waals surface area contributed by atoms with Crippen LogP contribution in [-0.4, -0.2) is 17.2 Å². The van der Waals surface area contributed by atoms with Gasteiger partial charge in [-0.05, 0) is 37.8 Å². The van der Waals surface area contributed by atoms with Crippen LogP contribution in [0.3, 0.4) is 0 Å². The number of rotatable bonds is 15. The molecule has 1 unspecified atom stereocenters. The van der Waals surface area contributed by atoms with Gasteiger partial charge in [0.15, 0.2) is 0 Å². The first-order valence-electron chi connectivity index (χ1n) is 10.7. The lowest BCUT2D eigenvalue weighted by molar-refractivity contribution is 0.0246. The number of ether oxygens (including phenoxy) is 1. The minimum Gasteiger partial charge on any atom is -0.507 e. The van der Waals surface area contributed by atoms with Crippen molar-refractivity contribution in [1.29, 1.82) is 0 Å². The monoisotopic (exact) mass is 362 g/mol. The van der Waals surface area contributed by atoms with Crippen LogP contribution in [-0.2, 0) is 4.74 Å². The zero-order chi connectivity index (χ0) is 19.0. The number of hydrogen-bond donors (Lipinski definition) is 1. The van der Waals surface area contributed by atoms with Gasteiger partial charge in [0.05, 0.1) is 0 Å². The van der Waals surface area contributed by atoms with Crippen molar-refractivity contribution in [2.45, 2.75) is 103 Å². The first kappa shape index (κ1) is 22.5. The van der Waals surface area contributed by atoms with E-state index in [1.807, 2.05) is 0 Å². The number of aromatic hydroxyl groups is 1. The number of phenols is 1. The van der Waals surface area contributed by atoms with Crippen molar-refractivity contribution in [3.63, 3.8) is 0 Å². The van der Waals surface area contributed by atoms with Gasteiger partial charge in [0, 0.05) is 0 Å². The second-order valence-electron chi connectivity index (χ2n) is 7.30. The van der Waals surface area contributed by atoms with E-state index in [2.05, 4.69) is 13.8 Å². The van der Waals surface area contributed by atoms with Crippen LogP contribution in [0.1, 0.15) is 108 Å². The Morgan fingerprint density at radius 2 is 1.35 bits per heavy atom. The molecule has 148 valence electrons. The number of unbranched alkanes of at least 4 members (excludes halogenated alkanes) is 9. The molecule has 0 aliphatic carbocycles. The van der Waals surface area contributed by atoms with Gasteiger partial charge in [0.2, 0.25) is 0 Å². The van der Waals surface area contributed by atoms with Crippen LogP contribution in [0.2, 0.25) is 0 Å². The standard InChI is InChI=1S/C23H38O3/c1-3-5-7-9-11-13-17-20(16-12-10-8-6-4-2)26-23(25)21-18-14-15-19-22(21)24/h14-15,18-20,24H,3-13,16-17H2,1-2H3. The summed E-state index contributed by atoms with van der Waals surface area (Å²) in [7, 11) is 0. The summed E-state index contributed by atoms with van der Waals surface area (Å²) in [5, 5.41) is 9.86. The Bertz CT molecular complexity index is 484. The van der Waals surface area contributed by atoms with E-state index in [1.165, 1.54) is 63.9 Å². The summed E-state index contributed by atoms with van der Waals surface area (Å²) in [5.74, 6) is -0.397. The molecule has 1 aromatic carbocycles. The normalized spacial score (nSPS) is 12.1. The van der Waals surface area contributed by atoms with Crippen molar-refractivity contribution < 1.29 is 14.6 Å². The second kappa shape index (κ2) is 14.6. The topological polar surface area (TPSA) is 46.5 Å². The Kier molecular flexibility index (Phi) is 12.7. The molecule has 3 nitrogen and oxygen atoms in total. The first-order valence-corrected chi connectivity index (χ1v) is 10.7. The molecule has 0 spiro atoms. The highest BCUT2D eigenvalue weighted by atomic mass is 16.5. The van der Waals surface area contributed by atoms with Crippen LogP contribution < -0.4 is 0 Å². The summed E-state index contributed by atoms with van der Waals surface area (Å²) in [5.41, 5.74) is 0.270. The minimum atomic E-state index is -0.396. The quantitative estimate of drug-likeness (QED) is 0.269. The van der Waals surface area contributed by atoms with Crippen molar-refractivity contribution in [2.24, 2.45) is 0 Å². The van der Waals surface area contributed by atoms with Crippen LogP contribution in [0.5, 0.6) is 5.75 Å². The number of phenolic OH excluding ortho intramolecular Hbond substituents is 1. The highest BCUT2D eigenvalue weighted by molar-refractivity contribution is 5.92. The van der Waals surface area contributed by atoms with Crippen molar-refractivity contribution in [2.75, 3.05) is 0 Å². The zero-order valence-electron chi connectivity index (χ0n) is 16.8. The van der Waals surface area contributed by atoms with Gasteiger partial charge in [0.25, 0.3) is 0 Å². The van der Waals surface area contributed by atoms with Crippen molar-refractivity contribution >= 4 is 5.97 Å². The average molecular weight is 363 g/mol. The first-order chi connectivity index (χ1) is 12.7. The summed E-state index contributed by atoms with van der Waals surface area (Å²) in [6.07, 6.45) is 15.4. The Morgan fingerprint density at radius 1 is 0.846 bits per heavy atom. The van der Waals surface area contributed by atoms with Gasteiger partial charge in [-0.25, -0.2) is 4.79 Å². The Morgan fingerprint density at radius 3 is 1.88 bits per heavy atom. The third-order valence-electron chi connectivity index (χ3n) is 4.91. The van der Waals surface area contributed by atoms with Gasteiger partial charge in [-0.2, -0.15) is 0 Å². The van der Waals surface area contributed by atoms with E-state index in [1.54, 1.807) is 18.2 Å². The van der Waals surface area contributed by atoms with Crippen LogP contribution in [0.4, 0.5) is 0 Å². The molecule has 0 heterocycles. The summed E-state index contributed by atoms with van der Waals surface area (Å²) in [6, 6.07) is 6.63. The molecular weight excluding hydrogens is 324 g/mol. The van der Waals surface area contributed by atoms with E-state index >= 15 is 0 Å². The van der Waals surface area contributed by atoms with E-state index in [4.69, 9.17) is 4.74 Å². The molecule has 0 aromatic heterocycles. The fourth-order valence-electron chi connectivity index (χ4n) is 3.25. The summed E-state index contributed by atoms with van der Waals surface area (Å²) >= 11 is 0. The predicted octanol–water partition coefficient (Wildman–Crippen LogP) is 7.03. The second-order valence-corrected chi connectivity index (χ2v) is 7.30. The molecule has 0 radical (unpaired) electrons. The lowest BCUT2D eigenvalue weighted by Gasteiger charge is -2.18. The molecular formula is C23H38O3. The maximum atomic E-state index is 12.4. The third-order valence-corrected chi connectivity index (χ3v) is 4.91. The lowest BCUT2D eigenvalue weighted by Crippen LogP contribution is -2.18. The van der Waals surface area contributed by atoms with Crippen molar-refractivity contribution in [3.05, 3.63) is 29.8 Å². The fourth-order valence-corrected chi connectivity index (χ4v) is 3.25. The summed E-state index contributed by atoms with van der Waals surface area (Å²) in [6.45, 7) is 4.45. The van der Waals surface area contributed by atoms with Gasteiger partial charge in [-0.3, -0.25) is 0 Å². The number of carbonyl (C=O) groups excluding carboxylic acids is 1. The molecule has 0 fully saturated rings. The van der Waals surface area contributed by atoms with E-state index in [0.717, 1.165) is 25.7 Å². The predicted molar refractivity (Wildman–Crippen MR) is 109 cm³/mol. The smallest absolute Gasteiger partial charge is 0.342 e. The third kappa shape index (κ3) is 9.84. The number of esters is 1. The van der Waals surface area contributed by atoms with Crippen LogP contribution in [0, 0.1) is 0 Å². The van der Waals surface area contributed by atoms with Crippen molar-refractivity contribution in [3.8, 4) is 5.75 Å². The molecule has 1 N–H and O–H groups in total. The number of carbonyl (C=O) groups is 1. The fraction of sp³-hybridized carbons (Fsp3) is 0.696. The van der Waals surface area contributed by atoms with Gasteiger partial charge in [0.1, 0.15) is 17.4 Å². The lowest BCUT2D eigenvalue weighted by atomic mass is 10.0. The molecule has 26 heavy (non-hydrogen) atoms. The van der Waals surface area contributed by atoms with Gasteiger partial charge < -0.3 is 9.84 Å². The molecule has 1 aromatic rings. The highest BCUT2D eigenvalue weighted by Crippen LogP contribution is 2.21. The summed E-state index contributed by atoms with van der Waals surface area (Å²) < 4.78 is 5.75. The van der Waals surface area contributed by atoms with Crippen LogP contribution >= 0.6 is 0 Å². The van der Waals surface area contributed by atoms with Crippen molar-refractivity contribution in [1.82, 2.24) is 0 Å². The molecule has 0 bridgehead atoms. The molecule has 1 atom stereocenters. The van der Waals surface area contributed by atoms with E-state index in [-0.39, 0.29) is 17.4 Å². The highest BCUT2D eigenvalue weighted by Gasteiger charge is 2.18. The number of para-hydroxylation sites is 1. The van der Waals surface area contributed by atoms with E-state index in [0.29, 0.717) is 0 Å². The van der Waals surface area contributed by atoms with Gasteiger partial charge >= 0.3 is 5.97 Å². The minimum absolute atomic E-state index is 0.00115. The van der Waals surface area contributed by atoms with Gasteiger partial charge in [-0.15, -0.1) is 0 Å². The molecule has 3 heteroatoms. The summed E-state index contributed by atoms with van der Waals surface area (Å²) in [4.78, 5) is 12.4. The SMILES string of the molecule is CCCCCCCCC(CCCCCCC)OC(=O)c1ccccc1O. The maximum absolute atomic E-state index is 12.4. The Hall–Kier alpha value is -1.51. The number of hydrogen-bond acceptors (Lipinski definition) is 3. The number of benzene rings is 1. The van der Waals surface area contributed by atoms with E-state index < -0.39 is 5.97 Å². The molecule has 1 rings (SSSR count). The maximum Gasteiger partial charge on any atom is 0.342 e. The molecule has 0 saturated heterocycles. The molecule has 0 aliphatic rings. The van der Waals surface area contributed by atoms with Crippen LogP contribution in [0.15, 0.2) is 24.3 Å². The Balaban J connectivity index is 2.45. The zero-order valence-corrected chi connectivity index (χ0v) is 16.8. The molecule has 0 saturated carbocycles. The molecule has 0 amide bonds. The van der Waals surface area contributed by atoms with Crippen LogP contribution in [0.25, 0.3) is 0 Å². The Labute approximate surface area is 160 Å². The van der Waals surface area contributed by atoms with Gasteiger partial charge in [-0.1, -0.05) is 83.8 Å². The average Bonchev–Trinajstić information content (AvgIpc) is 2.64. The molecule has 0 aliphatic heterocycles.